The third-order valence-electron chi connectivity index (χ3n) is 3.50. The zero-order chi connectivity index (χ0) is 15.7. The van der Waals surface area contributed by atoms with Gasteiger partial charge in [0.1, 0.15) is 10.8 Å². The Morgan fingerprint density at radius 1 is 1.18 bits per heavy atom. The summed E-state index contributed by atoms with van der Waals surface area (Å²) in [5.41, 5.74) is 10.7. The van der Waals surface area contributed by atoms with Crippen LogP contribution in [0.4, 0.5) is 5.95 Å². The molecule has 3 aromatic rings. The lowest BCUT2D eigenvalue weighted by Gasteiger charge is -2.06. The number of nitrogen functional groups attached to an aromatic ring is 1. The summed E-state index contributed by atoms with van der Waals surface area (Å²) in [7, 11) is 1.89. The molecule has 0 amide bonds. The van der Waals surface area contributed by atoms with Crippen LogP contribution in [-0.2, 0) is 13.5 Å². The molecule has 112 valence electrons. The summed E-state index contributed by atoms with van der Waals surface area (Å²) >= 11 is 5.98. The van der Waals surface area contributed by atoms with Crippen LogP contribution >= 0.6 is 11.6 Å². The molecule has 0 unspecified atom stereocenters. The van der Waals surface area contributed by atoms with Gasteiger partial charge in [0.05, 0.1) is 5.69 Å². The molecule has 2 aromatic heterocycles. The van der Waals surface area contributed by atoms with Crippen molar-refractivity contribution in [1.82, 2.24) is 19.7 Å². The molecule has 2 heterocycles. The molecule has 0 bridgehead atoms. The third kappa shape index (κ3) is 2.94. The molecule has 6 heteroatoms. The molecule has 0 radical (unpaired) electrons. The van der Waals surface area contributed by atoms with Gasteiger partial charge in [-0.05, 0) is 18.1 Å². The van der Waals surface area contributed by atoms with Gasteiger partial charge in [-0.15, -0.1) is 0 Å². The minimum absolute atomic E-state index is 0.148. The number of aromatic nitrogens is 4. The standard InChI is InChI=1S/C16H16ClN5/c1-10-5-3-4-6-11(10)7-12-9-22(2)21-15(12)13-8-14(17)20-16(18)19-13/h3-6,8-9H,7H2,1-2H3,(H2,18,19,20). The lowest BCUT2D eigenvalue weighted by molar-refractivity contribution is 0.769. The van der Waals surface area contributed by atoms with Crippen molar-refractivity contribution in [1.29, 1.82) is 0 Å². The molecule has 0 fully saturated rings. The molecule has 2 N–H and O–H groups in total. The molecular formula is C16H16ClN5. The summed E-state index contributed by atoms with van der Waals surface area (Å²) in [6.45, 7) is 2.10. The second-order valence-electron chi connectivity index (χ2n) is 5.21. The first-order valence-corrected chi connectivity index (χ1v) is 7.28. The van der Waals surface area contributed by atoms with Gasteiger partial charge in [-0.2, -0.15) is 5.10 Å². The van der Waals surface area contributed by atoms with Crippen LogP contribution in [0.15, 0.2) is 36.5 Å². The summed E-state index contributed by atoms with van der Waals surface area (Å²) in [5.74, 6) is 0.148. The quantitative estimate of drug-likeness (QED) is 0.755. The molecule has 0 aliphatic rings. The number of anilines is 1. The Bertz CT molecular complexity index is 805. The first-order chi connectivity index (χ1) is 10.5. The summed E-state index contributed by atoms with van der Waals surface area (Å²) in [5, 5.41) is 4.82. The van der Waals surface area contributed by atoms with Crippen molar-refractivity contribution in [2.24, 2.45) is 7.05 Å². The average molecular weight is 314 g/mol. The lowest BCUT2D eigenvalue weighted by Crippen LogP contribution is -1.99. The fraction of sp³-hybridized carbons (Fsp3) is 0.188. The normalized spacial score (nSPS) is 10.9. The molecule has 0 atom stereocenters. The van der Waals surface area contributed by atoms with Crippen molar-refractivity contribution < 1.29 is 0 Å². The zero-order valence-electron chi connectivity index (χ0n) is 12.4. The first kappa shape index (κ1) is 14.5. The molecule has 22 heavy (non-hydrogen) atoms. The number of hydrogen-bond acceptors (Lipinski definition) is 4. The highest BCUT2D eigenvalue weighted by Crippen LogP contribution is 2.25. The van der Waals surface area contributed by atoms with E-state index in [1.165, 1.54) is 11.1 Å². The van der Waals surface area contributed by atoms with Crippen LogP contribution in [0.2, 0.25) is 5.15 Å². The lowest BCUT2D eigenvalue weighted by atomic mass is 10.0. The molecule has 0 aliphatic carbocycles. The number of nitrogens with zero attached hydrogens (tertiary/aromatic N) is 4. The van der Waals surface area contributed by atoms with Gasteiger partial charge < -0.3 is 5.73 Å². The van der Waals surface area contributed by atoms with E-state index in [2.05, 4.69) is 34.1 Å². The van der Waals surface area contributed by atoms with Crippen molar-refractivity contribution in [3.8, 4) is 11.4 Å². The van der Waals surface area contributed by atoms with Gasteiger partial charge in [0, 0.05) is 31.3 Å². The summed E-state index contributed by atoms with van der Waals surface area (Å²) in [6.07, 6.45) is 2.77. The van der Waals surface area contributed by atoms with Crippen molar-refractivity contribution in [2.75, 3.05) is 5.73 Å². The largest absolute Gasteiger partial charge is 0.368 e. The Balaban J connectivity index is 2.05. The Hall–Kier alpha value is -2.40. The number of nitrogens with two attached hydrogens (primary N) is 1. The predicted octanol–water partition coefficient (Wildman–Crippen LogP) is 3.01. The van der Waals surface area contributed by atoms with E-state index in [9.17, 15) is 0 Å². The topological polar surface area (TPSA) is 69.6 Å². The molecule has 0 saturated heterocycles. The van der Waals surface area contributed by atoms with Gasteiger partial charge in [-0.25, -0.2) is 9.97 Å². The first-order valence-electron chi connectivity index (χ1n) is 6.90. The van der Waals surface area contributed by atoms with Crippen LogP contribution < -0.4 is 5.73 Å². The number of benzene rings is 1. The van der Waals surface area contributed by atoms with Crippen LogP contribution in [-0.4, -0.2) is 19.7 Å². The van der Waals surface area contributed by atoms with Gasteiger partial charge in [0.25, 0.3) is 0 Å². The van der Waals surface area contributed by atoms with Crippen LogP contribution in [0.1, 0.15) is 16.7 Å². The Morgan fingerprint density at radius 2 is 1.95 bits per heavy atom. The van der Waals surface area contributed by atoms with E-state index in [-0.39, 0.29) is 5.95 Å². The van der Waals surface area contributed by atoms with Gasteiger partial charge in [0.15, 0.2) is 0 Å². The average Bonchev–Trinajstić information content (AvgIpc) is 2.81. The highest BCUT2D eigenvalue weighted by Gasteiger charge is 2.14. The Labute approximate surface area is 133 Å². The van der Waals surface area contributed by atoms with Gasteiger partial charge in [-0.1, -0.05) is 35.9 Å². The monoisotopic (exact) mass is 313 g/mol. The van der Waals surface area contributed by atoms with E-state index in [0.717, 1.165) is 17.7 Å². The Kier molecular flexibility index (Phi) is 3.81. The van der Waals surface area contributed by atoms with E-state index in [4.69, 9.17) is 17.3 Å². The van der Waals surface area contributed by atoms with E-state index in [1.807, 2.05) is 25.4 Å². The Morgan fingerprint density at radius 3 is 2.68 bits per heavy atom. The maximum atomic E-state index is 5.98. The number of hydrogen-bond donors (Lipinski definition) is 1. The SMILES string of the molecule is Cc1ccccc1Cc1cn(C)nc1-c1cc(Cl)nc(N)n1. The molecule has 0 spiro atoms. The predicted molar refractivity (Wildman–Crippen MR) is 87.6 cm³/mol. The molecule has 1 aromatic carbocycles. The molecule has 5 nitrogen and oxygen atoms in total. The maximum absolute atomic E-state index is 5.98. The minimum Gasteiger partial charge on any atom is -0.368 e. The number of rotatable bonds is 3. The second kappa shape index (κ2) is 5.77. The van der Waals surface area contributed by atoms with Crippen LogP contribution in [0, 0.1) is 6.92 Å². The fourth-order valence-electron chi connectivity index (χ4n) is 2.45. The van der Waals surface area contributed by atoms with Gasteiger partial charge in [-0.3, -0.25) is 4.68 Å². The smallest absolute Gasteiger partial charge is 0.222 e. The van der Waals surface area contributed by atoms with E-state index < -0.39 is 0 Å². The van der Waals surface area contributed by atoms with Crippen molar-refractivity contribution in [2.45, 2.75) is 13.3 Å². The second-order valence-corrected chi connectivity index (χ2v) is 5.60. The summed E-state index contributed by atoms with van der Waals surface area (Å²) < 4.78 is 1.77. The maximum Gasteiger partial charge on any atom is 0.222 e. The number of aryl methyl sites for hydroxylation is 2. The summed E-state index contributed by atoms with van der Waals surface area (Å²) in [6, 6.07) is 9.98. The van der Waals surface area contributed by atoms with E-state index in [1.54, 1.807) is 10.7 Å². The van der Waals surface area contributed by atoms with Crippen molar-refractivity contribution >= 4 is 17.5 Å². The third-order valence-corrected chi connectivity index (χ3v) is 3.70. The van der Waals surface area contributed by atoms with Crippen LogP contribution in [0.3, 0.4) is 0 Å². The highest BCUT2D eigenvalue weighted by atomic mass is 35.5. The highest BCUT2D eigenvalue weighted by molar-refractivity contribution is 6.29. The van der Waals surface area contributed by atoms with Crippen LogP contribution in [0.5, 0.6) is 0 Å². The summed E-state index contributed by atoms with van der Waals surface area (Å²) in [4.78, 5) is 8.14. The fourth-order valence-corrected chi connectivity index (χ4v) is 2.64. The minimum atomic E-state index is 0.148. The molecule has 3 rings (SSSR count). The van der Waals surface area contributed by atoms with Gasteiger partial charge in [0.2, 0.25) is 5.95 Å². The molecular weight excluding hydrogens is 298 g/mol. The van der Waals surface area contributed by atoms with Crippen LogP contribution in [0.25, 0.3) is 11.4 Å². The van der Waals surface area contributed by atoms with E-state index >= 15 is 0 Å². The van der Waals surface area contributed by atoms with Gasteiger partial charge >= 0.3 is 0 Å². The van der Waals surface area contributed by atoms with E-state index in [0.29, 0.717) is 10.8 Å². The molecule has 0 aliphatic heterocycles. The van der Waals surface area contributed by atoms with Crippen molar-refractivity contribution in [3.63, 3.8) is 0 Å². The zero-order valence-corrected chi connectivity index (χ0v) is 13.2. The number of halogens is 1. The van der Waals surface area contributed by atoms with Crippen molar-refractivity contribution in [3.05, 3.63) is 58.4 Å². The molecule has 0 saturated carbocycles.